The fraction of sp³-hybridized carbons (Fsp3) is 0.737. The number of hydrogen-bond donors (Lipinski definition) is 2. The van der Waals surface area contributed by atoms with Gasteiger partial charge in [-0.3, -0.25) is 4.99 Å². The van der Waals surface area contributed by atoms with Crippen LogP contribution in [0.3, 0.4) is 0 Å². The van der Waals surface area contributed by atoms with Crippen molar-refractivity contribution in [2.75, 3.05) is 38.5 Å². The Balaban J connectivity index is 0.00000420. The minimum atomic E-state index is -3.36. The van der Waals surface area contributed by atoms with Gasteiger partial charge in [-0.15, -0.1) is 35.3 Å². The highest BCUT2D eigenvalue weighted by atomic mass is 127. The summed E-state index contributed by atoms with van der Waals surface area (Å²) in [4.78, 5) is 5.83. The molecule has 0 aromatic carbocycles. The number of thiophene rings is 1. The van der Waals surface area contributed by atoms with E-state index in [1.54, 1.807) is 6.07 Å². The first kappa shape index (κ1) is 27.0. The van der Waals surface area contributed by atoms with Crippen molar-refractivity contribution in [3.8, 4) is 0 Å². The lowest BCUT2D eigenvalue weighted by Gasteiger charge is -2.21. The number of hydrogen-bond acceptors (Lipinski definition) is 5. The molecule has 0 spiro atoms. The standard InChI is InChI=1S/C19H34N4O2S3.HI/c1-5-20-18(22-15-19(4)12-8-14-26-19)21-13-11-16-9-10-17(27-16)28(24,25)23(6-2)7-3;/h9-10H,5-8,11-15H2,1-4H3,(H2,20,21,22);1H. The van der Waals surface area contributed by atoms with E-state index in [9.17, 15) is 8.42 Å². The molecule has 1 saturated heterocycles. The first-order valence-corrected chi connectivity index (χ1v) is 13.3. The maximum absolute atomic E-state index is 12.6. The van der Waals surface area contributed by atoms with Crippen LogP contribution in [-0.2, 0) is 16.4 Å². The highest BCUT2D eigenvalue weighted by molar-refractivity contribution is 14.0. The summed E-state index contributed by atoms with van der Waals surface area (Å²) >= 11 is 3.38. The van der Waals surface area contributed by atoms with Crippen molar-refractivity contribution in [2.45, 2.75) is 55.9 Å². The normalized spacial score (nSPS) is 20.0. The number of thioether (sulfide) groups is 1. The molecule has 1 unspecified atom stereocenters. The van der Waals surface area contributed by atoms with E-state index in [0.717, 1.165) is 36.9 Å². The molecule has 29 heavy (non-hydrogen) atoms. The lowest BCUT2D eigenvalue weighted by Crippen LogP contribution is -2.39. The van der Waals surface area contributed by atoms with Crippen LogP contribution in [0.2, 0.25) is 0 Å². The monoisotopic (exact) mass is 574 g/mol. The van der Waals surface area contributed by atoms with E-state index in [0.29, 0.717) is 17.3 Å². The van der Waals surface area contributed by atoms with E-state index in [2.05, 4.69) is 24.5 Å². The van der Waals surface area contributed by atoms with Gasteiger partial charge in [-0.25, -0.2) is 8.42 Å². The molecule has 6 nitrogen and oxygen atoms in total. The van der Waals surface area contributed by atoms with E-state index >= 15 is 0 Å². The van der Waals surface area contributed by atoms with E-state index in [4.69, 9.17) is 4.99 Å². The van der Waals surface area contributed by atoms with Gasteiger partial charge in [-0.2, -0.15) is 16.1 Å². The third-order valence-electron chi connectivity index (χ3n) is 4.82. The van der Waals surface area contributed by atoms with Crippen LogP contribution in [0.5, 0.6) is 0 Å². The van der Waals surface area contributed by atoms with E-state index in [1.807, 2.05) is 31.7 Å². The number of sulfonamides is 1. The van der Waals surface area contributed by atoms with Gasteiger partial charge in [0.25, 0.3) is 10.0 Å². The van der Waals surface area contributed by atoms with Gasteiger partial charge in [0.2, 0.25) is 0 Å². The minimum absolute atomic E-state index is 0. The molecule has 0 amide bonds. The summed E-state index contributed by atoms with van der Waals surface area (Å²) in [6.07, 6.45) is 3.27. The second kappa shape index (κ2) is 12.7. The molecule has 2 heterocycles. The van der Waals surface area contributed by atoms with E-state index in [-0.39, 0.29) is 28.7 Å². The zero-order chi connectivity index (χ0) is 20.6. The number of aliphatic imine (C=N–C) groups is 1. The van der Waals surface area contributed by atoms with Crippen LogP contribution in [0, 0.1) is 0 Å². The van der Waals surface area contributed by atoms with Gasteiger partial charge < -0.3 is 10.6 Å². The Hall–Kier alpha value is -0.0400. The summed E-state index contributed by atoms with van der Waals surface area (Å²) in [5, 5.41) is 6.68. The Kier molecular flexibility index (Phi) is 11.8. The van der Waals surface area contributed by atoms with Crippen molar-refractivity contribution in [2.24, 2.45) is 4.99 Å². The molecular formula is C19H35IN4O2S3. The summed E-state index contributed by atoms with van der Waals surface area (Å²) in [5.74, 6) is 2.07. The first-order chi connectivity index (χ1) is 13.3. The highest BCUT2D eigenvalue weighted by Crippen LogP contribution is 2.37. The van der Waals surface area contributed by atoms with Crippen molar-refractivity contribution in [3.63, 3.8) is 0 Å². The number of nitrogens with one attached hydrogen (secondary N) is 2. The van der Waals surface area contributed by atoms with Gasteiger partial charge in [0, 0.05) is 35.8 Å². The maximum atomic E-state index is 12.6. The molecule has 2 rings (SSSR count). The molecule has 1 atom stereocenters. The Morgan fingerprint density at radius 2 is 1.97 bits per heavy atom. The number of halogens is 1. The lowest BCUT2D eigenvalue weighted by atomic mass is 10.1. The van der Waals surface area contributed by atoms with Gasteiger partial charge >= 0.3 is 0 Å². The average molecular weight is 575 g/mol. The molecule has 168 valence electrons. The average Bonchev–Trinajstić information content (AvgIpc) is 3.31. The Morgan fingerprint density at radius 1 is 1.24 bits per heavy atom. The molecule has 0 bridgehead atoms. The smallest absolute Gasteiger partial charge is 0.252 e. The largest absolute Gasteiger partial charge is 0.357 e. The Labute approximate surface area is 201 Å². The van der Waals surface area contributed by atoms with Gasteiger partial charge in [-0.1, -0.05) is 13.8 Å². The van der Waals surface area contributed by atoms with Gasteiger partial charge in [0.15, 0.2) is 5.96 Å². The van der Waals surface area contributed by atoms with Crippen molar-refractivity contribution in [3.05, 3.63) is 17.0 Å². The van der Waals surface area contributed by atoms with Gasteiger partial charge in [0.05, 0.1) is 6.54 Å². The predicted octanol–water partition coefficient (Wildman–Crippen LogP) is 3.78. The second-order valence-electron chi connectivity index (χ2n) is 7.08. The lowest BCUT2D eigenvalue weighted by molar-refractivity contribution is 0.447. The maximum Gasteiger partial charge on any atom is 0.252 e. The minimum Gasteiger partial charge on any atom is -0.357 e. The number of guanidine groups is 1. The summed E-state index contributed by atoms with van der Waals surface area (Å²) in [7, 11) is -3.36. The summed E-state index contributed by atoms with van der Waals surface area (Å²) < 4.78 is 27.4. The van der Waals surface area contributed by atoms with Crippen molar-refractivity contribution < 1.29 is 8.42 Å². The molecule has 1 aromatic heterocycles. The molecular weight excluding hydrogens is 539 g/mol. The van der Waals surface area contributed by atoms with Crippen LogP contribution in [-0.4, -0.2) is 61.9 Å². The molecule has 1 aliphatic heterocycles. The number of nitrogens with zero attached hydrogens (tertiary/aromatic N) is 2. The molecule has 1 aromatic rings. The molecule has 0 aliphatic carbocycles. The third kappa shape index (κ3) is 7.86. The molecule has 10 heteroatoms. The van der Waals surface area contributed by atoms with E-state index in [1.165, 1.54) is 34.2 Å². The van der Waals surface area contributed by atoms with Crippen molar-refractivity contribution >= 4 is 63.1 Å². The second-order valence-corrected chi connectivity index (χ2v) is 12.1. The SMILES string of the molecule is CCNC(=NCC1(C)CCCS1)NCCc1ccc(S(=O)(=O)N(CC)CC)s1.I. The highest BCUT2D eigenvalue weighted by Gasteiger charge is 2.29. The Bertz CT molecular complexity index is 742. The summed E-state index contributed by atoms with van der Waals surface area (Å²) in [6.45, 7) is 11.4. The molecule has 0 saturated carbocycles. The van der Waals surface area contributed by atoms with Crippen molar-refractivity contribution in [1.29, 1.82) is 0 Å². The summed E-state index contributed by atoms with van der Waals surface area (Å²) in [6, 6.07) is 3.65. The molecule has 1 fully saturated rings. The van der Waals surface area contributed by atoms with Crippen molar-refractivity contribution in [1.82, 2.24) is 14.9 Å². The summed E-state index contributed by atoms with van der Waals surface area (Å²) in [5.41, 5.74) is 0. The van der Waals surface area contributed by atoms with Crippen LogP contribution in [0.25, 0.3) is 0 Å². The first-order valence-electron chi connectivity index (χ1n) is 10.1. The zero-order valence-electron chi connectivity index (χ0n) is 17.9. The van der Waals surface area contributed by atoms with Crippen LogP contribution in [0.15, 0.2) is 21.3 Å². The fourth-order valence-corrected chi connectivity index (χ4v) is 7.37. The van der Waals surface area contributed by atoms with Crippen LogP contribution < -0.4 is 10.6 Å². The predicted molar refractivity (Wildman–Crippen MR) is 138 cm³/mol. The molecule has 1 aliphatic rings. The van der Waals surface area contributed by atoms with Crippen LogP contribution >= 0.6 is 47.1 Å². The molecule has 0 radical (unpaired) electrons. The fourth-order valence-electron chi connectivity index (χ4n) is 3.18. The third-order valence-corrected chi connectivity index (χ3v) is 10.0. The molecule has 2 N–H and O–H groups in total. The quantitative estimate of drug-likeness (QED) is 0.253. The van der Waals surface area contributed by atoms with Crippen LogP contribution in [0.4, 0.5) is 0 Å². The van der Waals surface area contributed by atoms with Gasteiger partial charge in [-0.05, 0) is 51.0 Å². The Morgan fingerprint density at radius 3 is 2.55 bits per heavy atom. The number of rotatable bonds is 10. The van der Waals surface area contributed by atoms with E-state index < -0.39 is 10.0 Å². The van der Waals surface area contributed by atoms with Gasteiger partial charge in [0.1, 0.15) is 4.21 Å². The topological polar surface area (TPSA) is 73.8 Å². The zero-order valence-corrected chi connectivity index (χ0v) is 22.6. The van der Waals surface area contributed by atoms with Crippen LogP contribution in [0.1, 0.15) is 45.4 Å².